The van der Waals surface area contributed by atoms with Crippen LogP contribution in [0.1, 0.15) is 22.3 Å². The summed E-state index contributed by atoms with van der Waals surface area (Å²) in [6.07, 6.45) is 1.69. The number of fused-ring (bicyclic) bond motifs is 1. The number of hydrogen-bond acceptors (Lipinski definition) is 5. The van der Waals surface area contributed by atoms with E-state index in [1.165, 1.54) is 4.90 Å². The molecule has 0 N–H and O–H groups in total. The lowest BCUT2D eigenvalue weighted by molar-refractivity contribution is -0.123. The van der Waals surface area contributed by atoms with Gasteiger partial charge in [-0.05, 0) is 46.3 Å². The van der Waals surface area contributed by atoms with Gasteiger partial charge in [0, 0.05) is 11.1 Å². The van der Waals surface area contributed by atoms with Crippen molar-refractivity contribution in [3.8, 4) is 11.8 Å². The average molecular weight is 477 g/mol. The molecule has 0 spiro atoms. The van der Waals surface area contributed by atoms with Gasteiger partial charge in [0.2, 0.25) is 0 Å². The first kappa shape index (κ1) is 22.5. The first-order valence-electron chi connectivity index (χ1n) is 11.1. The van der Waals surface area contributed by atoms with E-state index in [1.807, 2.05) is 78.9 Å². The van der Waals surface area contributed by atoms with Crippen LogP contribution in [0, 0.1) is 11.3 Å². The highest BCUT2D eigenvalue weighted by molar-refractivity contribution is 8.18. The number of imide groups is 1. The van der Waals surface area contributed by atoms with Crippen LogP contribution in [-0.2, 0) is 17.9 Å². The number of carbonyl (C=O) groups excluding carboxylic acids is 2. The number of nitrogens with zero attached hydrogens (tertiary/aromatic N) is 2. The second kappa shape index (κ2) is 9.88. The first-order valence-corrected chi connectivity index (χ1v) is 11.9. The Balaban J connectivity index is 1.37. The number of nitriles is 1. The molecular formula is C29H20N2O3S. The van der Waals surface area contributed by atoms with Crippen LogP contribution in [0.15, 0.2) is 95.9 Å². The summed E-state index contributed by atoms with van der Waals surface area (Å²) in [5.74, 6) is 0.249. The van der Waals surface area contributed by atoms with Gasteiger partial charge in [-0.25, -0.2) is 0 Å². The fourth-order valence-electron chi connectivity index (χ4n) is 4.02. The van der Waals surface area contributed by atoms with Crippen molar-refractivity contribution in [2.45, 2.75) is 13.2 Å². The molecule has 4 aromatic rings. The molecule has 35 heavy (non-hydrogen) atoms. The molecule has 0 aromatic heterocycles. The van der Waals surface area contributed by atoms with Gasteiger partial charge in [-0.2, -0.15) is 5.26 Å². The van der Waals surface area contributed by atoms with Crippen LogP contribution in [0.2, 0.25) is 0 Å². The molecule has 0 unspecified atom stereocenters. The SMILES string of the molecule is N#Cc1ccccc1COc1ccccc1/C=C1/SC(=O)N(Cc2cccc3ccccc23)C1=O. The van der Waals surface area contributed by atoms with E-state index < -0.39 is 0 Å². The van der Waals surface area contributed by atoms with Gasteiger partial charge in [0.05, 0.1) is 23.1 Å². The predicted octanol–water partition coefficient (Wildman–Crippen LogP) is 6.53. The highest BCUT2D eigenvalue weighted by Crippen LogP contribution is 2.35. The summed E-state index contributed by atoms with van der Waals surface area (Å²) in [4.78, 5) is 27.6. The van der Waals surface area contributed by atoms with Crippen molar-refractivity contribution in [1.29, 1.82) is 5.26 Å². The third-order valence-corrected chi connectivity index (χ3v) is 6.72. The normalized spacial score (nSPS) is 14.5. The molecule has 1 aliphatic heterocycles. The van der Waals surface area contributed by atoms with Crippen LogP contribution >= 0.6 is 11.8 Å². The zero-order valence-corrected chi connectivity index (χ0v) is 19.5. The smallest absolute Gasteiger partial charge is 0.293 e. The lowest BCUT2D eigenvalue weighted by atomic mass is 10.0. The zero-order valence-electron chi connectivity index (χ0n) is 18.7. The molecule has 1 fully saturated rings. The Kier molecular flexibility index (Phi) is 6.34. The van der Waals surface area contributed by atoms with E-state index in [2.05, 4.69) is 6.07 Å². The number of hydrogen-bond donors (Lipinski definition) is 0. The Labute approximate surface area is 207 Å². The second-order valence-corrected chi connectivity index (χ2v) is 8.99. The van der Waals surface area contributed by atoms with Gasteiger partial charge in [-0.1, -0.05) is 78.9 Å². The molecule has 6 heteroatoms. The first-order chi connectivity index (χ1) is 17.1. The Hall–Kier alpha value is -4.34. The van der Waals surface area contributed by atoms with Crippen molar-refractivity contribution in [2.75, 3.05) is 0 Å². The number of thioether (sulfide) groups is 1. The van der Waals surface area contributed by atoms with Gasteiger partial charge in [-0.3, -0.25) is 14.5 Å². The van der Waals surface area contributed by atoms with Gasteiger partial charge < -0.3 is 4.74 Å². The molecule has 1 aliphatic rings. The van der Waals surface area contributed by atoms with E-state index in [-0.39, 0.29) is 24.3 Å². The van der Waals surface area contributed by atoms with Gasteiger partial charge in [0.1, 0.15) is 12.4 Å². The van der Waals surface area contributed by atoms with Gasteiger partial charge in [0.25, 0.3) is 11.1 Å². The lowest BCUT2D eigenvalue weighted by Crippen LogP contribution is -2.27. The number of ether oxygens (including phenoxy) is 1. The Morgan fingerprint density at radius 1 is 0.857 bits per heavy atom. The molecule has 2 amide bonds. The summed E-state index contributed by atoms with van der Waals surface area (Å²) in [6, 6.07) is 30.6. The van der Waals surface area contributed by atoms with E-state index in [4.69, 9.17) is 4.74 Å². The number of amides is 2. The van der Waals surface area contributed by atoms with Crippen LogP contribution in [0.25, 0.3) is 16.8 Å². The molecule has 4 aromatic carbocycles. The summed E-state index contributed by atoms with van der Waals surface area (Å²) in [5, 5.41) is 11.1. The van der Waals surface area contributed by atoms with Gasteiger partial charge >= 0.3 is 0 Å². The number of benzene rings is 4. The lowest BCUT2D eigenvalue weighted by Gasteiger charge is -2.14. The quantitative estimate of drug-likeness (QED) is 0.296. The summed E-state index contributed by atoms with van der Waals surface area (Å²) in [7, 11) is 0. The van der Waals surface area contributed by atoms with Crippen LogP contribution in [0.4, 0.5) is 4.79 Å². The van der Waals surface area contributed by atoms with Crippen molar-refractivity contribution in [3.63, 3.8) is 0 Å². The Morgan fingerprint density at radius 2 is 1.57 bits per heavy atom. The van der Waals surface area contributed by atoms with Crippen molar-refractivity contribution in [1.82, 2.24) is 4.90 Å². The standard InChI is InChI=1S/C29H20N2O3S/c30-17-22-10-1-2-11-24(22)19-34-26-15-6-4-9-21(26)16-27-28(32)31(29(33)35-27)18-23-13-7-12-20-8-3-5-14-25(20)23/h1-16H,18-19H2/b27-16+. The molecule has 170 valence electrons. The average Bonchev–Trinajstić information content (AvgIpc) is 3.16. The van der Waals surface area contributed by atoms with Crippen molar-refractivity contribution in [2.24, 2.45) is 0 Å². The highest BCUT2D eigenvalue weighted by Gasteiger charge is 2.35. The third kappa shape index (κ3) is 4.68. The molecule has 1 saturated heterocycles. The second-order valence-electron chi connectivity index (χ2n) is 8.00. The fraction of sp³-hybridized carbons (Fsp3) is 0.0690. The van der Waals surface area contributed by atoms with Crippen LogP contribution in [0.5, 0.6) is 5.75 Å². The maximum atomic E-state index is 13.2. The molecule has 0 radical (unpaired) electrons. The zero-order chi connectivity index (χ0) is 24.2. The van der Waals surface area contributed by atoms with E-state index in [0.717, 1.165) is 33.7 Å². The van der Waals surface area contributed by atoms with Crippen LogP contribution < -0.4 is 4.74 Å². The molecule has 0 bridgehead atoms. The van der Waals surface area contributed by atoms with E-state index in [0.29, 0.717) is 21.8 Å². The minimum absolute atomic E-state index is 0.215. The van der Waals surface area contributed by atoms with Crippen molar-refractivity contribution >= 4 is 39.8 Å². The highest BCUT2D eigenvalue weighted by atomic mass is 32.2. The summed E-state index contributed by atoms with van der Waals surface area (Å²) < 4.78 is 5.99. The molecular weight excluding hydrogens is 456 g/mol. The molecule has 1 heterocycles. The topological polar surface area (TPSA) is 70.4 Å². The van der Waals surface area contributed by atoms with Crippen molar-refractivity contribution < 1.29 is 14.3 Å². The Morgan fingerprint density at radius 3 is 2.46 bits per heavy atom. The summed E-state index contributed by atoms with van der Waals surface area (Å²) in [5.41, 5.74) is 2.95. The monoisotopic (exact) mass is 476 g/mol. The number of rotatable bonds is 6. The van der Waals surface area contributed by atoms with E-state index >= 15 is 0 Å². The summed E-state index contributed by atoms with van der Waals surface area (Å²) >= 11 is 0.930. The molecule has 0 aliphatic carbocycles. The van der Waals surface area contributed by atoms with Gasteiger partial charge in [0.15, 0.2) is 0 Å². The van der Waals surface area contributed by atoms with E-state index in [1.54, 1.807) is 18.2 Å². The maximum absolute atomic E-state index is 13.2. The fourth-order valence-corrected chi connectivity index (χ4v) is 4.85. The largest absolute Gasteiger partial charge is 0.488 e. The molecule has 5 rings (SSSR count). The van der Waals surface area contributed by atoms with Crippen LogP contribution in [-0.4, -0.2) is 16.0 Å². The van der Waals surface area contributed by atoms with Gasteiger partial charge in [-0.15, -0.1) is 0 Å². The molecule has 0 atom stereocenters. The Bertz CT molecular complexity index is 1510. The van der Waals surface area contributed by atoms with Crippen LogP contribution in [0.3, 0.4) is 0 Å². The predicted molar refractivity (Wildman–Crippen MR) is 137 cm³/mol. The number of para-hydroxylation sites is 1. The molecule has 5 nitrogen and oxygen atoms in total. The number of carbonyl (C=O) groups is 2. The van der Waals surface area contributed by atoms with Crippen molar-refractivity contribution in [3.05, 3.63) is 118 Å². The minimum Gasteiger partial charge on any atom is -0.488 e. The minimum atomic E-state index is -0.322. The molecule has 0 saturated carbocycles. The maximum Gasteiger partial charge on any atom is 0.293 e. The third-order valence-electron chi connectivity index (χ3n) is 5.81. The summed E-state index contributed by atoms with van der Waals surface area (Å²) in [6.45, 7) is 0.434. The van der Waals surface area contributed by atoms with E-state index in [9.17, 15) is 14.9 Å².